The van der Waals surface area contributed by atoms with E-state index < -0.39 is 0 Å². The molecule has 1 saturated heterocycles. The monoisotopic (exact) mass is 302 g/mol. The van der Waals surface area contributed by atoms with Gasteiger partial charge in [-0.1, -0.05) is 0 Å². The average molecular weight is 302 g/mol. The number of hydrogen-bond donors (Lipinski definition) is 1. The molecule has 1 aliphatic rings. The third-order valence-electron chi connectivity index (χ3n) is 4.32. The number of ether oxygens (including phenoxy) is 1. The van der Waals surface area contributed by atoms with E-state index in [1.807, 2.05) is 33.9 Å². The topological polar surface area (TPSA) is 69.0 Å². The summed E-state index contributed by atoms with van der Waals surface area (Å²) in [6.07, 6.45) is 2.17. The van der Waals surface area contributed by atoms with Gasteiger partial charge in [-0.15, -0.1) is 0 Å². The molecule has 3 rings (SSSR count). The van der Waals surface area contributed by atoms with Gasteiger partial charge in [0.15, 0.2) is 5.65 Å². The highest BCUT2D eigenvalue weighted by Gasteiger charge is 2.25. The number of hydrogen-bond acceptors (Lipinski definition) is 4. The molecule has 1 amide bonds. The number of rotatable bonds is 3. The highest BCUT2D eigenvalue weighted by molar-refractivity contribution is 5.98. The van der Waals surface area contributed by atoms with Gasteiger partial charge >= 0.3 is 0 Å². The second-order valence-corrected chi connectivity index (χ2v) is 6.02. The van der Waals surface area contributed by atoms with Crippen molar-refractivity contribution in [3.05, 3.63) is 23.0 Å². The Bertz CT molecular complexity index is 716. The number of carbonyl (C=O) groups is 1. The van der Waals surface area contributed by atoms with Gasteiger partial charge in [0.2, 0.25) is 0 Å². The zero-order valence-electron chi connectivity index (χ0n) is 13.5. The normalized spacial score (nSPS) is 19.5. The Morgan fingerprint density at radius 1 is 1.45 bits per heavy atom. The van der Waals surface area contributed by atoms with Gasteiger partial charge in [-0.05, 0) is 39.7 Å². The molecule has 0 radical (unpaired) electrons. The first-order valence-corrected chi connectivity index (χ1v) is 7.71. The van der Waals surface area contributed by atoms with Gasteiger partial charge in [-0.25, -0.2) is 4.98 Å². The lowest BCUT2D eigenvalue weighted by Gasteiger charge is -2.20. The highest BCUT2D eigenvalue weighted by Crippen LogP contribution is 2.20. The standard InChI is InChI=1S/C16H22N4O2/c1-9-13(8-12-10(2)19-20(4)15(12)17-9)16(21)18-11(3)14-6-5-7-22-14/h8,11,14H,5-7H2,1-4H3,(H,18,21)/t11-,14-/m0/s1. The van der Waals surface area contributed by atoms with E-state index in [0.717, 1.165) is 36.2 Å². The molecular formula is C16H22N4O2. The number of amides is 1. The molecule has 3 heterocycles. The second kappa shape index (κ2) is 5.68. The number of pyridine rings is 1. The van der Waals surface area contributed by atoms with Crippen LogP contribution in [-0.2, 0) is 11.8 Å². The lowest BCUT2D eigenvalue weighted by atomic mass is 10.1. The minimum atomic E-state index is -0.0989. The lowest BCUT2D eigenvalue weighted by molar-refractivity contribution is 0.0712. The predicted molar refractivity (Wildman–Crippen MR) is 83.9 cm³/mol. The van der Waals surface area contributed by atoms with E-state index in [9.17, 15) is 4.79 Å². The Balaban J connectivity index is 1.87. The van der Waals surface area contributed by atoms with E-state index in [0.29, 0.717) is 11.3 Å². The summed E-state index contributed by atoms with van der Waals surface area (Å²) in [5, 5.41) is 8.32. The number of carbonyl (C=O) groups excluding carboxylic acids is 1. The Labute approximate surface area is 129 Å². The van der Waals surface area contributed by atoms with E-state index in [1.165, 1.54) is 0 Å². The van der Waals surface area contributed by atoms with Crippen molar-refractivity contribution in [2.45, 2.75) is 45.8 Å². The van der Waals surface area contributed by atoms with Crippen LogP contribution in [0.2, 0.25) is 0 Å². The summed E-state index contributed by atoms with van der Waals surface area (Å²) >= 11 is 0. The molecule has 0 aromatic carbocycles. The fourth-order valence-electron chi connectivity index (χ4n) is 3.04. The molecule has 6 heteroatoms. The van der Waals surface area contributed by atoms with E-state index >= 15 is 0 Å². The molecule has 1 N–H and O–H groups in total. The van der Waals surface area contributed by atoms with E-state index in [1.54, 1.807) is 4.68 Å². The molecule has 2 aromatic rings. The van der Waals surface area contributed by atoms with Crippen LogP contribution in [0.4, 0.5) is 0 Å². The van der Waals surface area contributed by atoms with Crippen LogP contribution in [0.1, 0.15) is 41.5 Å². The summed E-state index contributed by atoms with van der Waals surface area (Å²) in [6.45, 7) is 6.56. The van der Waals surface area contributed by atoms with Crippen LogP contribution in [0.3, 0.4) is 0 Å². The summed E-state index contributed by atoms with van der Waals surface area (Å²) in [4.78, 5) is 17.1. The Kier molecular flexibility index (Phi) is 3.87. The minimum Gasteiger partial charge on any atom is -0.376 e. The summed E-state index contributed by atoms with van der Waals surface area (Å²) in [6, 6.07) is 1.89. The summed E-state index contributed by atoms with van der Waals surface area (Å²) in [7, 11) is 1.86. The largest absolute Gasteiger partial charge is 0.376 e. The zero-order chi connectivity index (χ0) is 15.9. The van der Waals surface area contributed by atoms with Gasteiger partial charge in [0.05, 0.1) is 29.1 Å². The maximum absolute atomic E-state index is 12.6. The number of aromatic nitrogens is 3. The minimum absolute atomic E-state index is 0.0000854. The zero-order valence-corrected chi connectivity index (χ0v) is 13.5. The molecule has 0 aliphatic carbocycles. The van der Waals surface area contributed by atoms with Crippen LogP contribution >= 0.6 is 0 Å². The molecular weight excluding hydrogens is 280 g/mol. The fourth-order valence-corrected chi connectivity index (χ4v) is 3.04. The molecule has 0 spiro atoms. The molecule has 0 bridgehead atoms. The lowest BCUT2D eigenvalue weighted by Crippen LogP contribution is -2.41. The van der Waals surface area contributed by atoms with Crippen LogP contribution < -0.4 is 5.32 Å². The molecule has 0 saturated carbocycles. The fraction of sp³-hybridized carbons (Fsp3) is 0.562. The van der Waals surface area contributed by atoms with Crippen LogP contribution in [-0.4, -0.2) is 39.4 Å². The van der Waals surface area contributed by atoms with Gasteiger partial charge in [-0.3, -0.25) is 9.48 Å². The second-order valence-electron chi connectivity index (χ2n) is 6.02. The molecule has 22 heavy (non-hydrogen) atoms. The SMILES string of the molecule is Cc1nc2c(cc1C(=O)N[C@@H](C)[C@@H]1CCCO1)c(C)nn2C. The van der Waals surface area contributed by atoms with Gasteiger partial charge < -0.3 is 10.1 Å². The molecule has 2 aromatic heterocycles. The van der Waals surface area contributed by atoms with E-state index in [-0.39, 0.29) is 18.1 Å². The third-order valence-corrected chi connectivity index (χ3v) is 4.32. The molecule has 118 valence electrons. The number of nitrogens with one attached hydrogen (secondary N) is 1. The van der Waals surface area contributed by atoms with Crippen LogP contribution in [0.25, 0.3) is 11.0 Å². The number of fused-ring (bicyclic) bond motifs is 1. The molecule has 1 aliphatic heterocycles. The average Bonchev–Trinajstić information content (AvgIpc) is 3.08. The Morgan fingerprint density at radius 2 is 2.23 bits per heavy atom. The third kappa shape index (κ3) is 2.59. The van der Waals surface area contributed by atoms with Crippen LogP contribution in [0.5, 0.6) is 0 Å². The van der Waals surface area contributed by atoms with Crippen molar-refractivity contribution in [1.29, 1.82) is 0 Å². The number of aryl methyl sites for hydroxylation is 3. The van der Waals surface area contributed by atoms with Crippen LogP contribution in [0, 0.1) is 13.8 Å². The molecule has 0 unspecified atom stereocenters. The summed E-state index contributed by atoms with van der Waals surface area (Å²) in [5.74, 6) is -0.0989. The van der Waals surface area contributed by atoms with E-state index in [4.69, 9.17) is 4.74 Å². The van der Waals surface area contributed by atoms with Crippen molar-refractivity contribution >= 4 is 16.9 Å². The summed E-state index contributed by atoms with van der Waals surface area (Å²) < 4.78 is 7.38. The van der Waals surface area contributed by atoms with Crippen molar-refractivity contribution in [3.63, 3.8) is 0 Å². The van der Waals surface area contributed by atoms with Crippen molar-refractivity contribution in [2.75, 3.05) is 6.61 Å². The first kappa shape index (κ1) is 15.0. The summed E-state index contributed by atoms with van der Waals surface area (Å²) in [5.41, 5.74) is 3.01. The number of nitrogens with zero attached hydrogens (tertiary/aromatic N) is 3. The Morgan fingerprint density at radius 3 is 2.91 bits per heavy atom. The maximum Gasteiger partial charge on any atom is 0.253 e. The van der Waals surface area contributed by atoms with Crippen molar-refractivity contribution < 1.29 is 9.53 Å². The smallest absolute Gasteiger partial charge is 0.253 e. The first-order valence-electron chi connectivity index (χ1n) is 7.71. The highest BCUT2D eigenvalue weighted by atomic mass is 16.5. The van der Waals surface area contributed by atoms with Gasteiger partial charge in [0, 0.05) is 19.0 Å². The van der Waals surface area contributed by atoms with Crippen molar-refractivity contribution in [1.82, 2.24) is 20.1 Å². The van der Waals surface area contributed by atoms with Gasteiger partial charge in [0.1, 0.15) is 0 Å². The van der Waals surface area contributed by atoms with Crippen molar-refractivity contribution in [2.24, 2.45) is 7.05 Å². The Hall–Kier alpha value is -1.95. The molecule has 2 atom stereocenters. The molecule has 1 fully saturated rings. The first-order chi connectivity index (χ1) is 10.5. The predicted octanol–water partition coefficient (Wildman–Crippen LogP) is 1.88. The quantitative estimate of drug-likeness (QED) is 0.940. The van der Waals surface area contributed by atoms with Crippen LogP contribution in [0.15, 0.2) is 6.07 Å². The molecule has 6 nitrogen and oxygen atoms in total. The van der Waals surface area contributed by atoms with E-state index in [2.05, 4.69) is 15.4 Å². The van der Waals surface area contributed by atoms with Gasteiger partial charge in [-0.2, -0.15) is 5.10 Å². The van der Waals surface area contributed by atoms with Gasteiger partial charge in [0.25, 0.3) is 5.91 Å². The van der Waals surface area contributed by atoms with Crippen molar-refractivity contribution in [3.8, 4) is 0 Å². The maximum atomic E-state index is 12.6.